The number of aryl methyl sites for hydroxylation is 1. The van der Waals surface area contributed by atoms with Gasteiger partial charge in [0.1, 0.15) is 0 Å². The maximum atomic E-state index is 11.9. The van der Waals surface area contributed by atoms with Crippen LogP contribution in [0.25, 0.3) is 0 Å². The van der Waals surface area contributed by atoms with Crippen LogP contribution in [0.1, 0.15) is 15.9 Å². The van der Waals surface area contributed by atoms with Gasteiger partial charge in [-0.25, -0.2) is 0 Å². The van der Waals surface area contributed by atoms with Crippen LogP contribution in [0.15, 0.2) is 30.3 Å². The van der Waals surface area contributed by atoms with Crippen molar-refractivity contribution >= 4 is 29.0 Å². The number of amides is 1. The SMILES string of the molecule is Cc1cc(C(=O)Nc2ccc(Cl)nn2)ccc1N. The third-order valence-electron chi connectivity index (χ3n) is 2.41. The second kappa shape index (κ2) is 5.01. The molecule has 0 atom stereocenters. The lowest BCUT2D eigenvalue weighted by atomic mass is 10.1. The first-order valence-electron chi connectivity index (χ1n) is 5.23. The zero-order chi connectivity index (χ0) is 13.1. The molecule has 0 bridgehead atoms. The fourth-order valence-corrected chi connectivity index (χ4v) is 1.49. The largest absolute Gasteiger partial charge is 0.399 e. The molecule has 1 amide bonds. The Morgan fingerprint density at radius 1 is 1.28 bits per heavy atom. The van der Waals surface area contributed by atoms with Gasteiger partial charge in [0.25, 0.3) is 5.91 Å². The first-order chi connectivity index (χ1) is 8.56. The van der Waals surface area contributed by atoms with Gasteiger partial charge in [-0.1, -0.05) is 11.6 Å². The minimum absolute atomic E-state index is 0.269. The summed E-state index contributed by atoms with van der Waals surface area (Å²) in [6.45, 7) is 1.84. The highest BCUT2D eigenvalue weighted by Gasteiger charge is 2.08. The topological polar surface area (TPSA) is 80.9 Å². The molecule has 3 N–H and O–H groups in total. The van der Waals surface area contributed by atoms with Crippen LogP contribution in [0.4, 0.5) is 11.5 Å². The van der Waals surface area contributed by atoms with Crippen LogP contribution >= 0.6 is 11.6 Å². The van der Waals surface area contributed by atoms with Gasteiger partial charge in [0, 0.05) is 11.3 Å². The molecule has 1 heterocycles. The standard InChI is InChI=1S/C12H11ClN4O/c1-7-6-8(2-3-9(7)14)12(18)15-11-5-4-10(13)16-17-11/h2-6H,14H2,1H3,(H,15,17,18). The van der Waals surface area contributed by atoms with Gasteiger partial charge in [-0.05, 0) is 42.8 Å². The molecular weight excluding hydrogens is 252 g/mol. The summed E-state index contributed by atoms with van der Waals surface area (Å²) in [5.74, 6) is 0.0774. The van der Waals surface area contributed by atoms with Crippen molar-refractivity contribution < 1.29 is 4.79 Å². The molecule has 0 fully saturated rings. The minimum atomic E-state index is -0.269. The summed E-state index contributed by atoms with van der Waals surface area (Å²) in [6, 6.07) is 8.20. The van der Waals surface area contributed by atoms with Gasteiger partial charge in [0.2, 0.25) is 0 Å². The van der Waals surface area contributed by atoms with Crippen molar-refractivity contribution in [3.8, 4) is 0 Å². The van der Waals surface area contributed by atoms with Gasteiger partial charge in [0.05, 0.1) is 0 Å². The van der Waals surface area contributed by atoms with E-state index in [0.29, 0.717) is 17.1 Å². The lowest BCUT2D eigenvalue weighted by molar-refractivity contribution is 0.102. The summed E-state index contributed by atoms with van der Waals surface area (Å²) >= 11 is 5.60. The summed E-state index contributed by atoms with van der Waals surface area (Å²) in [6.07, 6.45) is 0. The van der Waals surface area contributed by atoms with Crippen molar-refractivity contribution in [2.24, 2.45) is 0 Å². The third kappa shape index (κ3) is 2.75. The number of rotatable bonds is 2. The molecule has 0 aliphatic rings. The number of halogens is 1. The Morgan fingerprint density at radius 2 is 2.06 bits per heavy atom. The van der Waals surface area contributed by atoms with E-state index in [4.69, 9.17) is 17.3 Å². The smallest absolute Gasteiger partial charge is 0.256 e. The summed E-state index contributed by atoms with van der Waals surface area (Å²) in [7, 11) is 0. The number of hydrogen-bond donors (Lipinski definition) is 2. The summed E-state index contributed by atoms with van der Waals surface area (Å²) < 4.78 is 0. The number of anilines is 2. The van der Waals surface area contributed by atoms with E-state index < -0.39 is 0 Å². The molecule has 0 saturated heterocycles. The summed E-state index contributed by atoms with van der Waals surface area (Å²) in [4.78, 5) is 11.9. The third-order valence-corrected chi connectivity index (χ3v) is 2.61. The molecule has 1 aromatic heterocycles. The monoisotopic (exact) mass is 262 g/mol. The average molecular weight is 263 g/mol. The maximum Gasteiger partial charge on any atom is 0.256 e. The molecule has 0 radical (unpaired) electrons. The Kier molecular flexibility index (Phi) is 3.43. The number of carbonyl (C=O) groups is 1. The number of carbonyl (C=O) groups excluding carboxylic acids is 1. The highest BCUT2D eigenvalue weighted by atomic mass is 35.5. The zero-order valence-corrected chi connectivity index (χ0v) is 10.4. The van der Waals surface area contributed by atoms with Crippen LogP contribution in [0.2, 0.25) is 5.15 Å². The second-order valence-corrected chi connectivity index (χ2v) is 4.15. The highest BCUT2D eigenvalue weighted by Crippen LogP contribution is 2.14. The number of hydrogen-bond acceptors (Lipinski definition) is 4. The van der Waals surface area contributed by atoms with Crippen molar-refractivity contribution in [1.29, 1.82) is 0 Å². The molecule has 2 aromatic rings. The molecule has 0 aliphatic carbocycles. The normalized spacial score (nSPS) is 10.1. The lowest BCUT2D eigenvalue weighted by Gasteiger charge is -2.06. The molecular formula is C12H11ClN4O. The van der Waals surface area contributed by atoms with E-state index in [1.807, 2.05) is 6.92 Å². The summed E-state index contributed by atoms with van der Waals surface area (Å²) in [5, 5.41) is 10.3. The maximum absolute atomic E-state index is 11.9. The van der Waals surface area contributed by atoms with Crippen LogP contribution in [-0.2, 0) is 0 Å². The van der Waals surface area contributed by atoms with Crippen LogP contribution in [-0.4, -0.2) is 16.1 Å². The molecule has 0 spiro atoms. The van der Waals surface area contributed by atoms with Gasteiger partial charge in [-0.2, -0.15) is 0 Å². The van der Waals surface area contributed by atoms with Crippen LogP contribution in [0.3, 0.4) is 0 Å². The summed E-state index contributed by atoms with van der Waals surface area (Å²) in [5.41, 5.74) is 7.70. The Hall–Kier alpha value is -2.14. The zero-order valence-electron chi connectivity index (χ0n) is 9.64. The molecule has 18 heavy (non-hydrogen) atoms. The predicted octanol–water partition coefficient (Wildman–Crippen LogP) is 2.27. The number of nitrogens with zero attached hydrogens (tertiary/aromatic N) is 2. The van der Waals surface area contributed by atoms with E-state index in [-0.39, 0.29) is 11.1 Å². The molecule has 92 valence electrons. The molecule has 0 saturated carbocycles. The molecule has 0 aliphatic heterocycles. The van der Waals surface area contributed by atoms with Crippen molar-refractivity contribution in [3.05, 3.63) is 46.6 Å². The first kappa shape index (κ1) is 12.3. The lowest BCUT2D eigenvalue weighted by Crippen LogP contribution is -2.13. The molecule has 6 heteroatoms. The quantitative estimate of drug-likeness (QED) is 0.814. The van der Waals surface area contributed by atoms with E-state index >= 15 is 0 Å². The van der Waals surface area contributed by atoms with E-state index in [0.717, 1.165) is 5.56 Å². The van der Waals surface area contributed by atoms with Crippen LogP contribution in [0.5, 0.6) is 0 Å². The molecule has 2 rings (SSSR count). The van der Waals surface area contributed by atoms with Crippen LogP contribution in [0, 0.1) is 6.92 Å². The van der Waals surface area contributed by atoms with Gasteiger partial charge in [-0.15, -0.1) is 10.2 Å². The molecule has 0 unspecified atom stereocenters. The highest BCUT2D eigenvalue weighted by molar-refractivity contribution is 6.29. The first-order valence-corrected chi connectivity index (χ1v) is 5.61. The van der Waals surface area contributed by atoms with Crippen molar-refractivity contribution in [2.45, 2.75) is 6.92 Å². The average Bonchev–Trinajstić information content (AvgIpc) is 2.35. The predicted molar refractivity (Wildman–Crippen MR) is 70.6 cm³/mol. The van der Waals surface area contributed by atoms with Crippen molar-refractivity contribution in [2.75, 3.05) is 11.1 Å². The fourth-order valence-electron chi connectivity index (χ4n) is 1.39. The van der Waals surface area contributed by atoms with Gasteiger partial charge < -0.3 is 11.1 Å². The van der Waals surface area contributed by atoms with Crippen molar-refractivity contribution in [1.82, 2.24) is 10.2 Å². The minimum Gasteiger partial charge on any atom is -0.399 e. The number of nitrogens with one attached hydrogen (secondary N) is 1. The Morgan fingerprint density at radius 3 is 2.67 bits per heavy atom. The van der Waals surface area contributed by atoms with Crippen molar-refractivity contribution in [3.63, 3.8) is 0 Å². The van der Waals surface area contributed by atoms with E-state index in [1.54, 1.807) is 30.3 Å². The Bertz CT molecular complexity index is 583. The van der Waals surface area contributed by atoms with E-state index in [9.17, 15) is 4.79 Å². The number of benzene rings is 1. The molecule has 1 aromatic carbocycles. The molecule has 5 nitrogen and oxygen atoms in total. The Labute approximate surface area is 109 Å². The van der Waals surface area contributed by atoms with E-state index in [2.05, 4.69) is 15.5 Å². The van der Waals surface area contributed by atoms with Crippen LogP contribution < -0.4 is 11.1 Å². The van der Waals surface area contributed by atoms with E-state index in [1.165, 1.54) is 0 Å². The fraction of sp³-hybridized carbons (Fsp3) is 0.0833. The van der Waals surface area contributed by atoms with Gasteiger partial charge >= 0.3 is 0 Å². The Balaban J connectivity index is 2.16. The number of nitrogens with two attached hydrogens (primary N) is 1. The van der Waals surface area contributed by atoms with Gasteiger partial charge in [-0.3, -0.25) is 4.79 Å². The number of nitrogen functional groups attached to an aromatic ring is 1. The second-order valence-electron chi connectivity index (χ2n) is 3.77. The van der Waals surface area contributed by atoms with Gasteiger partial charge in [0.15, 0.2) is 11.0 Å². The number of aromatic nitrogens is 2.